The van der Waals surface area contributed by atoms with Gasteiger partial charge in [-0.1, -0.05) is 17.4 Å². The first-order chi connectivity index (χ1) is 15.7. The highest BCUT2D eigenvalue weighted by Crippen LogP contribution is 2.32. The van der Waals surface area contributed by atoms with Gasteiger partial charge < -0.3 is 14.7 Å². The molecule has 170 valence electrons. The van der Waals surface area contributed by atoms with Gasteiger partial charge in [-0.15, -0.1) is 10.2 Å². The van der Waals surface area contributed by atoms with E-state index in [4.69, 9.17) is 0 Å². The van der Waals surface area contributed by atoms with Gasteiger partial charge in [0.2, 0.25) is 22.1 Å². The fourth-order valence-electron chi connectivity index (χ4n) is 4.76. The Labute approximate surface area is 192 Å². The molecule has 0 saturated carbocycles. The summed E-state index contributed by atoms with van der Waals surface area (Å²) < 4.78 is 0. The van der Waals surface area contributed by atoms with Crippen molar-refractivity contribution in [1.82, 2.24) is 20.1 Å². The molecule has 0 radical (unpaired) electrons. The number of anilines is 3. The Hall–Kier alpha value is -2.75. The van der Waals surface area contributed by atoms with Crippen LogP contribution in [0.25, 0.3) is 0 Å². The van der Waals surface area contributed by atoms with Gasteiger partial charge in [0.05, 0.1) is 5.92 Å². The highest BCUT2D eigenvalue weighted by molar-refractivity contribution is 7.19. The van der Waals surface area contributed by atoms with E-state index in [1.807, 2.05) is 29.3 Å². The van der Waals surface area contributed by atoms with Crippen LogP contribution >= 0.6 is 11.3 Å². The summed E-state index contributed by atoms with van der Waals surface area (Å²) >= 11 is 1.47. The van der Waals surface area contributed by atoms with Crippen LogP contribution in [0.4, 0.5) is 16.1 Å². The minimum atomic E-state index is -0.0193. The van der Waals surface area contributed by atoms with Crippen LogP contribution in [0.3, 0.4) is 0 Å². The third-order valence-electron chi connectivity index (χ3n) is 6.56. The molecule has 2 amide bonds. The maximum atomic E-state index is 13.2. The van der Waals surface area contributed by atoms with E-state index in [1.165, 1.54) is 11.3 Å². The number of carbonyl (C=O) groups is 2. The lowest BCUT2D eigenvalue weighted by Crippen LogP contribution is -2.52. The number of pyridine rings is 1. The summed E-state index contributed by atoms with van der Waals surface area (Å²) in [5.74, 6) is 1.33. The van der Waals surface area contributed by atoms with Gasteiger partial charge >= 0.3 is 0 Å². The van der Waals surface area contributed by atoms with Gasteiger partial charge in [0.1, 0.15) is 5.82 Å². The van der Waals surface area contributed by atoms with Crippen LogP contribution in [0.2, 0.25) is 0 Å². The molecule has 3 aliphatic rings. The Bertz CT molecular complexity index is 945. The van der Waals surface area contributed by atoms with E-state index in [0.29, 0.717) is 18.1 Å². The van der Waals surface area contributed by atoms with Crippen LogP contribution in [0.5, 0.6) is 0 Å². The van der Waals surface area contributed by atoms with E-state index in [0.717, 1.165) is 75.9 Å². The second-order valence-electron chi connectivity index (χ2n) is 8.66. The molecule has 0 aromatic carbocycles. The third-order valence-corrected chi connectivity index (χ3v) is 7.57. The summed E-state index contributed by atoms with van der Waals surface area (Å²) in [6.45, 7) is 5.34. The number of piperidine rings is 2. The van der Waals surface area contributed by atoms with E-state index in [9.17, 15) is 9.59 Å². The number of amides is 2. The van der Waals surface area contributed by atoms with E-state index in [2.05, 4.69) is 25.0 Å². The molecule has 10 heteroatoms. The number of carbonyl (C=O) groups excluding carboxylic acids is 2. The van der Waals surface area contributed by atoms with Crippen molar-refractivity contribution in [3.8, 4) is 0 Å². The number of hydrogen-bond donors (Lipinski definition) is 0. The molecule has 0 bridgehead atoms. The third kappa shape index (κ3) is 4.41. The fraction of sp³-hybridized carbons (Fsp3) is 0.591. The van der Waals surface area contributed by atoms with E-state index in [-0.39, 0.29) is 17.7 Å². The molecular weight excluding hydrogens is 426 g/mol. The molecule has 1 atom stereocenters. The number of hydrogen-bond acceptors (Lipinski definition) is 8. The molecule has 3 saturated heterocycles. The minimum Gasteiger partial charge on any atom is -0.353 e. The van der Waals surface area contributed by atoms with Crippen LogP contribution in [-0.4, -0.2) is 77.7 Å². The van der Waals surface area contributed by atoms with E-state index >= 15 is 0 Å². The molecule has 32 heavy (non-hydrogen) atoms. The molecule has 3 aliphatic heterocycles. The number of aromatic nitrogens is 3. The molecule has 9 nitrogen and oxygen atoms in total. The van der Waals surface area contributed by atoms with Gasteiger partial charge in [-0.05, 0) is 37.8 Å². The molecule has 2 aromatic heterocycles. The highest BCUT2D eigenvalue weighted by atomic mass is 32.1. The zero-order chi connectivity index (χ0) is 21.9. The van der Waals surface area contributed by atoms with Crippen molar-refractivity contribution in [3.63, 3.8) is 0 Å². The lowest BCUT2D eigenvalue weighted by atomic mass is 9.96. The van der Waals surface area contributed by atoms with E-state index in [1.54, 1.807) is 4.90 Å². The highest BCUT2D eigenvalue weighted by Gasteiger charge is 2.33. The second-order valence-corrected chi connectivity index (χ2v) is 9.59. The molecule has 5 heterocycles. The first kappa shape index (κ1) is 21.1. The van der Waals surface area contributed by atoms with Crippen LogP contribution in [-0.2, 0) is 9.59 Å². The molecule has 0 N–H and O–H groups in total. The topological polar surface area (TPSA) is 85.8 Å². The summed E-state index contributed by atoms with van der Waals surface area (Å²) in [6.07, 6.45) is 6.22. The molecule has 2 aromatic rings. The SMILES string of the molecule is O=C(C1CCCN(c2nnc(N3CCCCC3=O)s2)C1)N1CCN(c2ccccn2)CC1. The quantitative estimate of drug-likeness (QED) is 0.697. The number of nitrogens with zero attached hydrogens (tertiary/aromatic N) is 7. The van der Waals surface area contributed by atoms with Crippen LogP contribution < -0.4 is 14.7 Å². The lowest BCUT2D eigenvalue weighted by molar-refractivity contribution is -0.136. The first-order valence-electron chi connectivity index (χ1n) is 11.5. The van der Waals surface area contributed by atoms with Crippen LogP contribution in [0.15, 0.2) is 24.4 Å². The van der Waals surface area contributed by atoms with E-state index < -0.39 is 0 Å². The molecule has 0 spiro atoms. The van der Waals surface area contributed by atoms with Crippen molar-refractivity contribution in [3.05, 3.63) is 24.4 Å². The average Bonchev–Trinajstić information content (AvgIpc) is 3.35. The van der Waals surface area contributed by atoms with Gasteiger partial charge in [-0.3, -0.25) is 14.5 Å². The maximum Gasteiger partial charge on any atom is 0.228 e. The number of piperazine rings is 1. The van der Waals surface area contributed by atoms with Gasteiger partial charge in [0, 0.05) is 58.4 Å². The van der Waals surface area contributed by atoms with Gasteiger partial charge in [0.15, 0.2) is 0 Å². The van der Waals surface area contributed by atoms with Crippen molar-refractivity contribution in [2.75, 3.05) is 60.5 Å². The fourth-order valence-corrected chi connectivity index (χ4v) is 5.69. The summed E-state index contributed by atoms with van der Waals surface area (Å²) in [5.41, 5.74) is 0. The molecular formula is C22H29N7O2S. The van der Waals surface area contributed by atoms with Crippen molar-refractivity contribution < 1.29 is 9.59 Å². The van der Waals surface area contributed by atoms with Crippen molar-refractivity contribution in [2.45, 2.75) is 32.1 Å². The maximum absolute atomic E-state index is 13.2. The van der Waals surface area contributed by atoms with Gasteiger partial charge in [-0.25, -0.2) is 4.98 Å². The van der Waals surface area contributed by atoms with Crippen molar-refractivity contribution in [1.29, 1.82) is 0 Å². The molecule has 5 rings (SSSR count). The van der Waals surface area contributed by atoms with Crippen LogP contribution in [0.1, 0.15) is 32.1 Å². The summed E-state index contributed by atoms with van der Waals surface area (Å²) in [5, 5.41) is 10.1. The summed E-state index contributed by atoms with van der Waals surface area (Å²) in [6, 6.07) is 5.93. The predicted octanol–water partition coefficient (Wildman–Crippen LogP) is 2.02. The normalized spacial score (nSPS) is 22.4. The first-order valence-corrected chi connectivity index (χ1v) is 12.3. The Kier molecular flexibility index (Phi) is 6.20. The largest absolute Gasteiger partial charge is 0.353 e. The average molecular weight is 456 g/mol. The predicted molar refractivity (Wildman–Crippen MR) is 124 cm³/mol. The minimum absolute atomic E-state index is 0.0193. The zero-order valence-corrected chi connectivity index (χ0v) is 19.0. The zero-order valence-electron chi connectivity index (χ0n) is 18.2. The van der Waals surface area contributed by atoms with Gasteiger partial charge in [0.25, 0.3) is 0 Å². The Morgan fingerprint density at radius 2 is 1.78 bits per heavy atom. The monoisotopic (exact) mass is 455 g/mol. The Balaban J connectivity index is 1.18. The number of rotatable bonds is 4. The lowest BCUT2D eigenvalue weighted by Gasteiger charge is -2.39. The standard InChI is InChI=1S/C22H29N7O2S/c30-19-8-2-4-11-29(19)22-25-24-21(32-22)28-10-5-6-17(16-28)20(31)27-14-12-26(13-15-27)18-7-1-3-9-23-18/h1,3,7,9,17H,2,4-6,8,10-16H2. The van der Waals surface area contributed by atoms with Crippen molar-refractivity contribution >= 4 is 39.2 Å². The second kappa shape index (κ2) is 9.40. The Morgan fingerprint density at radius 1 is 0.938 bits per heavy atom. The van der Waals surface area contributed by atoms with Crippen LogP contribution in [0, 0.1) is 5.92 Å². The molecule has 3 fully saturated rings. The summed E-state index contributed by atoms with van der Waals surface area (Å²) in [7, 11) is 0. The van der Waals surface area contributed by atoms with Crippen molar-refractivity contribution in [2.24, 2.45) is 5.92 Å². The van der Waals surface area contributed by atoms with Gasteiger partial charge in [-0.2, -0.15) is 0 Å². The Morgan fingerprint density at radius 3 is 2.56 bits per heavy atom. The molecule has 1 unspecified atom stereocenters. The summed E-state index contributed by atoms with van der Waals surface area (Å²) in [4.78, 5) is 38.1. The smallest absolute Gasteiger partial charge is 0.228 e. The molecule has 0 aliphatic carbocycles.